The highest BCUT2D eigenvalue weighted by Crippen LogP contribution is 2.27. The smallest absolute Gasteiger partial charge is 0.408 e. The van der Waals surface area contributed by atoms with Gasteiger partial charge >= 0.3 is 6.09 Å². The van der Waals surface area contributed by atoms with Gasteiger partial charge < -0.3 is 20.3 Å². The van der Waals surface area contributed by atoms with E-state index in [0.717, 1.165) is 36.3 Å². The number of thiazole rings is 1. The quantitative estimate of drug-likeness (QED) is 0.575. The lowest BCUT2D eigenvalue weighted by Gasteiger charge is -2.20. The predicted octanol–water partition coefficient (Wildman–Crippen LogP) is 3.61. The Morgan fingerprint density at radius 2 is 1.78 bits per heavy atom. The monoisotopic (exact) mass is 450 g/mol. The minimum absolute atomic E-state index is 0.138. The molecule has 0 fully saturated rings. The molecule has 0 saturated carbocycles. The van der Waals surface area contributed by atoms with Crippen LogP contribution in [0.15, 0.2) is 60.7 Å². The van der Waals surface area contributed by atoms with E-state index >= 15 is 0 Å². The number of nitrogens with one attached hydrogen (secondary N) is 2. The summed E-state index contributed by atoms with van der Waals surface area (Å²) in [5.41, 5.74) is 2.86. The van der Waals surface area contributed by atoms with E-state index in [1.165, 1.54) is 16.2 Å². The maximum Gasteiger partial charge on any atom is 0.408 e. The van der Waals surface area contributed by atoms with E-state index in [4.69, 9.17) is 4.74 Å². The molecule has 8 heteroatoms. The van der Waals surface area contributed by atoms with Crippen LogP contribution in [0.5, 0.6) is 0 Å². The average molecular weight is 451 g/mol. The van der Waals surface area contributed by atoms with Crippen molar-refractivity contribution in [2.24, 2.45) is 0 Å². The molecule has 32 heavy (non-hydrogen) atoms. The zero-order chi connectivity index (χ0) is 22.3. The second kappa shape index (κ2) is 10.4. The number of nitrogens with zero attached hydrogens (tertiary/aromatic N) is 2. The minimum atomic E-state index is -0.788. The number of alkyl carbamates (subject to hydrolysis) is 1. The highest BCUT2D eigenvalue weighted by molar-refractivity contribution is 7.15. The van der Waals surface area contributed by atoms with Crippen LogP contribution in [0.3, 0.4) is 0 Å². The van der Waals surface area contributed by atoms with Crippen LogP contribution in [0.1, 0.15) is 21.7 Å². The molecule has 7 nitrogen and oxygen atoms in total. The van der Waals surface area contributed by atoms with Gasteiger partial charge in [-0.15, -0.1) is 11.3 Å². The first-order chi connectivity index (χ1) is 15.6. The lowest BCUT2D eigenvalue weighted by molar-refractivity contribution is -0.118. The number of carbonyl (C=O) groups is 2. The van der Waals surface area contributed by atoms with Crippen molar-refractivity contribution in [1.29, 1.82) is 0 Å². The van der Waals surface area contributed by atoms with E-state index in [0.29, 0.717) is 11.6 Å². The van der Waals surface area contributed by atoms with E-state index in [1.54, 1.807) is 0 Å². The van der Waals surface area contributed by atoms with Crippen LogP contribution in [0.2, 0.25) is 0 Å². The van der Waals surface area contributed by atoms with E-state index < -0.39 is 12.1 Å². The molecule has 2 aromatic carbocycles. The van der Waals surface area contributed by atoms with Crippen LogP contribution in [0.4, 0.5) is 9.93 Å². The standard InChI is InChI=1S/C24H26N4O3S/c1-28-13-12-19-21(15-28)32-23(25-19)27-22(29)20(14-17-8-4-2-5-9-17)26-24(30)31-16-18-10-6-3-7-11-18/h2-11,20H,12-16H2,1H3,(H,26,30)(H,25,27,29)/t20-/m1/s1. The van der Waals surface area contributed by atoms with Gasteiger partial charge in [-0.25, -0.2) is 9.78 Å². The molecule has 2 amide bonds. The number of carbonyl (C=O) groups excluding carboxylic acids is 2. The summed E-state index contributed by atoms with van der Waals surface area (Å²) >= 11 is 1.49. The Labute approximate surface area is 191 Å². The largest absolute Gasteiger partial charge is 0.445 e. The molecule has 166 valence electrons. The van der Waals surface area contributed by atoms with Gasteiger partial charge in [0.05, 0.1) is 5.69 Å². The number of amides is 2. The van der Waals surface area contributed by atoms with E-state index in [9.17, 15) is 9.59 Å². The molecule has 0 aliphatic carbocycles. The van der Waals surface area contributed by atoms with Gasteiger partial charge in [0.25, 0.3) is 0 Å². The number of aromatic nitrogens is 1. The third kappa shape index (κ3) is 5.93. The van der Waals surface area contributed by atoms with Crippen LogP contribution in [-0.4, -0.2) is 41.5 Å². The number of rotatable bonds is 7. The van der Waals surface area contributed by atoms with E-state index in [2.05, 4.69) is 27.6 Å². The summed E-state index contributed by atoms with van der Waals surface area (Å²) in [5, 5.41) is 6.18. The number of hydrogen-bond acceptors (Lipinski definition) is 6. The summed E-state index contributed by atoms with van der Waals surface area (Å²) in [6.07, 6.45) is 0.585. The molecule has 1 aliphatic heterocycles. The Bertz CT molecular complexity index is 1060. The summed E-state index contributed by atoms with van der Waals surface area (Å²) in [4.78, 5) is 33.5. The van der Waals surface area contributed by atoms with Crippen molar-refractivity contribution in [2.45, 2.75) is 32.0 Å². The van der Waals surface area contributed by atoms with Crippen LogP contribution in [0, 0.1) is 0 Å². The fourth-order valence-electron chi connectivity index (χ4n) is 3.54. The zero-order valence-corrected chi connectivity index (χ0v) is 18.7. The molecule has 0 bridgehead atoms. The second-order valence-electron chi connectivity index (χ2n) is 7.81. The SMILES string of the molecule is CN1CCc2nc(NC(=O)[C@@H](Cc3ccccc3)NC(=O)OCc3ccccc3)sc2C1. The molecule has 0 unspecified atom stereocenters. The molecule has 3 aromatic rings. The fourth-order valence-corrected chi connectivity index (χ4v) is 4.63. The lowest BCUT2D eigenvalue weighted by Crippen LogP contribution is -2.45. The van der Waals surface area contributed by atoms with Crippen LogP contribution in [0.25, 0.3) is 0 Å². The highest BCUT2D eigenvalue weighted by Gasteiger charge is 2.25. The molecular weight excluding hydrogens is 424 g/mol. The normalized spacial score (nSPS) is 14.3. The number of fused-ring (bicyclic) bond motifs is 1. The van der Waals surface area contributed by atoms with Crippen molar-refractivity contribution in [1.82, 2.24) is 15.2 Å². The number of benzene rings is 2. The van der Waals surface area contributed by atoms with Gasteiger partial charge in [-0.1, -0.05) is 60.7 Å². The van der Waals surface area contributed by atoms with Gasteiger partial charge in [-0.3, -0.25) is 4.79 Å². The molecule has 0 spiro atoms. The van der Waals surface area contributed by atoms with Crippen molar-refractivity contribution >= 4 is 28.5 Å². The summed E-state index contributed by atoms with van der Waals surface area (Å²) in [5.74, 6) is -0.315. The first kappa shape index (κ1) is 22.0. The summed E-state index contributed by atoms with van der Waals surface area (Å²) in [7, 11) is 2.07. The van der Waals surface area contributed by atoms with Gasteiger partial charge in [-0.05, 0) is 18.2 Å². The van der Waals surface area contributed by atoms with Crippen LogP contribution >= 0.6 is 11.3 Å². The summed E-state index contributed by atoms with van der Waals surface area (Å²) in [6.45, 7) is 1.93. The topological polar surface area (TPSA) is 83.6 Å². The molecular formula is C24H26N4O3S. The Morgan fingerprint density at radius 3 is 2.50 bits per heavy atom. The van der Waals surface area contributed by atoms with Crippen molar-refractivity contribution in [3.63, 3.8) is 0 Å². The first-order valence-electron chi connectivity index (χ1n) is 10.6. The third-order valence-electron chi connectivity index (χ3n) is 5.26. The van der Waals surface area contributed by atoms with Gasteiger partial charge in [0.1, 0.15) is 12.6 Å². The Balaban J connectivity index is 1.42. The fraction of sp³-hybridized carbons (Fsp3) is 0.292. The highest BCUT2D eigenvalue weighted by atomic mass is 32.1. The number of hydrogen-bond donors (Lipinski definition) is 2. The Kier molecular flexibility index (Phi) is 7.14. The third-order valence-corrected chi connectivity index (χ3v) is 6.25. The first-order valence-corrected chi connectivity index (χ1v) is 11.4. The van der Waals surface area contributed by atoms with Gasteiger partial charge in [0.2, 0.25) is 5.91 Å². The molecule has 1 atom stereocenters. The lowest BCUT2D eigenvalue weighted by atomic mass is 10.1. The Hall–Kier alpha value is -3.23. The van der Waals surface area contributed by atoms with Crippen molar-refractivity contribution in [3.8, 4) is 0 Å². The number of ether oxygens (including phenoxy) is 1. The number of likely N-dealkylation sites (N-methyl/N-ethyl adjacent to an activating group) is 1. The zero-order valence-electron chi connectivity index (χ0n) is 17.9. The van der Waals surface area contributed by atoms with Gasteiger partial charge in [0, 0.05) is 30.8 Å². The second-order valence-corrected chi connectivity index (χ2v) is 8.90. The van der Waals surface area contributed by atoms with Gasteiger partial charge in [-0.2, -0.15) is 0 Å². The van der Waals surface area contributed by atoms with E-state index in [-0.39, 0.29) is 12.5 Å². The van der Waals surface area contributed by atoms with Crippen LogP contribution in [-0.2, 0) is 35.5 Å². The van der Waals surface area contributed by atoms with Crippen LogP contribution < -0.4 is 10.6 Å². The van der Waals surface area contributed by atoms with Gasteiger partial charge in [0.15, 0.2) is 5.13 Å². The summed E-state index contributed by atoms with van der Waals surface area (Å²) in [6, 6.07) is 18.2. The number of anilines is 1. The molecule has 1 aliphatic rings. The van der Waals surface area contributed by atoms with Crippen molar-refractivity contribution < 1.29 is 14.3 Å². The molecule has 0 saturated heterocycles. The predicted molar refractivity (Wildman–Crippen MR) is 124 cm³/mol. The Morgan fingerprint density at radius 1 is 1.09 bits per heavy atom. The molecule has 0 radical (unpaired) electrons. The average Bonchev–Trinajstić information content (AvgIpc) is 3.20. The van der Waals surface area contributed by atoms with E-state index in [1.807, 2.05) is 60.7 Å². The van der Waals surface area contributed by atoms with Crippen molar-refractivity contribution in [3.05, 3.63) is 82.4 Å². The molecule has 2 heterocycles. The minimum Gasteiger partial charge on any atom is -0.445 e. The molecule has 4 rings (SSSR count). The van der Waals surface area contributed by atoms with Crippen molar-refractivity contribution in [2.75, 3.05) is 18.9 Å². The molecule has 2 N–H and O–H groups in total. The molecule has 1 aromatic heterocycles. The maximum atomic E-state index is 13.1. The maximum absolute atomic E-state index is 13.1. The summed E-state index contributed by atoms with van der Waals surface area (Å²) < 4.78 is 5.33.